The number of aldehydes is 1. The van der Waals surface area contributed by atoms with Gasteiger partial charge >= 0.3 is 0 Å². The molecule has 2 aromatic carbocycles. The van der Waals surface area contributed by atoms with E-state index in [2.05, 4.69) is 12.6 Å². The molecule has 0 unspecified atom stereocenters. The van der Waals surface area contributed by atoms with Gasteiger partial charge in [-0.1, -0.05) is 12.6 Å². The fraction of sp³-hybridized carbons (Fsp3) is 0.174. The van der Waals surface area contributed by atoms with Gasteiger partial charge in [-0.3, -0.25) is 4.79 Å². The van der Waals surface area contributed by atoms with Gasteiger partial charge in [0.25, 0.3) is 0 Å². The van der Waals surface area contributed by atoms with E-state index in [1.807, 2.05) is 41.9 Å². The maximum Gasteiger partial charge on any atom is 0.203 e. The molecular formula is C23H23NO4. The van der Waals surface area contributed by atoms with Crippen molar-refractivity contribution in [1.29, 1.82) is 0 Å². The third-order valence-electron chi connectivity index (χ3n) is 4.79. The first-order valence-corrected chi connectivity index (χ1v) is 8.75. The molecule has 0 aliphatic heterocycles. The molecule has 3 aromatic rings. The molecule has 144 valence electrons. The van der Waals surface area contributed by atoms with Gasteiger partial charge in [0.05, 0.1) is 21.3 Å². The third-order valence-corrected chi connectivity index (χ3v) is 4.79. The number of rotatable bonds is 7. The van der Waals surface area contributed by atoms with Gasteiger partial charge in [0.2, 0.25) is 5.75 Å². The van der Waals surface area contributed by atoms with Gasteiger partial charge in [-0.2, -0.15) is 0 Å². The Balaban J connectivity index is 2.06. The van der Waals surface area contributed by atoms with Crippen LogP contribution < -0.4 is 14.2 Å². The minimum absolute atomic E-state index is 0.548. The second-order valence-corrected chi connectivity index (χ2v) is 6.29. The summed E-state index contributed by atoms with van der Waals surface area (Å²) in [5.74, 6) is 1.71. The quantitative estimate of drug-likeness (QED) is 0.450. The SMILES string of the molecule is C=C(c1cc(OC)c(OC)c(OC)c1)c1ccc2c(c1)cc(/C=C/C=O)n2C. The molecule has 5 nitrogen and oxygen atoms in total. The summed E-state index contributed by atoms with van der Waals surface area (Å²) >= 11 is 0. The van der Waals surface area contributed by atoms with Gasteiger partial charge in [-0.05, 0) is 59.2 Å². The van der Waals surface area contributed by atoms with Gasteiger partial charge in [0, 0.05) is 23.6 Å². The van der Waals surface area contributed by atoms with Crippen LogP contribution in [0, 0.1) is 0 Å². The van der Waals surface area contributed by atoms with E-state index in [1.54, 1.807) is 27.4 Å². The Labute approximate surface area is 164 Å². The maximum atomic E-state index is 10.6. The summed E-state index contributed by atoms with van der Waals surface area (Å²) in [7, 11) is 6.73. The minimum atomic E-state index is 0.548. The standard InChI is InChI=1S/C23H23NO4/c1-15(17-13-21(26-3)23(28-5)22(14-17)27-4)16-8-9-20-18(11-16)12-19(24(20)2)7-6-10-25/h6-14H,1H2,2-5H3/b7-6+. The summed E-state index contributed by atoms with van der Waals surface area (Å²) in [6.45, 7) is 4.27. The number of carbonyl (C=O) groups is 1. The number of methoxy groups -OCH3 is 3. The highest BCUT2D eigenvalue weighted by atomic mass is 16.5. The molecule has 28 heavy (non-hydrogen) atoms. The van der Waals surface area contributed by atoms with Crippen molar-refractivity contribution in [3.63, 3.8) is 0 Å². The van der Waals surface area contributed by atoms with E-state index < -0.39 is 0 Å². The van der Waals surface area contributed by atoms with Crippen LogP contribution in [0.2, 0.25) is 0 Å². The summed E-state index contributed by atoms with van der Waals surface area (Å²) in [6.07, 6.45) is 4.06. The van der Waals surface area contributed by atoms with E-state index in [9.17, 15) is 4.79 Å². The fourth-order valence-corrected chi connectivity index (χ4v) is 3.28. The van der Waals surface area contributed by atoms with Crippen LogP contribution in [0.3, 0.4) is 0 Å². The smallest absolute Gasteiger partial charge is 0.203 e. The van der Waals surface area contributed by atoms with Gasteiger partial charge in [-0.25, -0.2) is 0 Å². The van der Waals surface area contributed by atoms with Crippen LogP contribution in [0.1, 0.15) is 16.8 Å². The number of nitrogens with zero attached hydrogens (tertiary/aromatic N) is 1. The normalized spacial score (nSPS) is 11.0. The van der Waals surface area contributed by atoms with E-state index in [1.165, 1.54) is 6.08 Å². The number of carbonyl (C=O) groups excluding carboxylic acids is 1. The molecule has 0 spiro atoms. The molecule has 0 N–H and O–H groups in total. The predicted octanol–water partition coefficient (Wildman–Crippen LogP) is 4.48. The largest absolute Gasteiger partial charge is 0.493 e. The Morgan fingerprint density at radius 3 is 2.21 bits per heavy atom. The summed E-state index contributed by atoms with van der Waals surface area (Å²) in [4.78, 5) is 10.6. The number of hydrogen-bond acceptors (Lipinski definition) is 4. The van der Waals surface area contributed by atoms with E-state index >= 15 is 0 Å². The van der Waals surface area contributed by atoms with Crippen molar-refractivity contribution in [3.8, 4) is 17.2 Å². The number of aryl methyl sites for hydroxylation is 1. The molecule has 1 heterocycles. The molecule has 0 fully saturated rings. The number of hydrogen-bond donors (Lipinski definition) is 0. The molecule has 5 heteroatoms. The lowest BCUT2D eigenvalue weighted by Crippen LogP contribution is -1.97. The average molecular weight is 377 g/mol. The summed E-state index contributed by atoms with van der Waals surface area (Å²) in [5, 5.41) is 1.07. The Kier molecular flexibility index (Phi) is 5.54. The maximum absolute atomic E-state index is 10.6. The molecule has 0 radical (unpaired) electrons. The summed E-state index contributed by atoms with van der Waals surface area (Å²) in [5.41, 5.74) is 4.74. The molecule has 0 atom stereocenters. The van der Waals surface area contributed by atoms with Crippen molar-refractivity contribution < 1.29 is 19.0 Å². The first-order chi connectivity index (χ1) is 13.5. The average Bonchev–Trinajstić information content (AvgIpc) is 3.05. The van der Waals surface area contributed by atoms with Crippen molar-refractivity contribution in [2.24, 2.45) is 7.05 Å². The zero-order valence-corrected chi connectivity index (χ0v) is 16.5. The highest BCUT2D eigenvalue weighted by molar-refractivity contribution is 5.90. The van der Waals surface area contributed by atoms with Crippen LogP contribution in [-0.2, 0) is 11.8 Å². The van der Waals surface area contributed by atoms with Crippen LogP contribution >= 0.6 is 0 Å². The second-order valence-electron chi connectivity index (χ2n) is 6.29. The van der Waals surface area contributed by atoms with Crippen molar-refractivity contribution in [3.05, 3.63) is 65.9 Å². The Hall–Kier alpha value is -3.47. The van der Waals surface area contributed by atoms with Crippen LogP contribution in [0.15, 0.2) is 49.1 Å². The molecule has 0 amide bonds. The molecule has 3 rings (SSSR count). The molecule has 0 aliphatic rings. The summed E-state index contributed by atoms with van der Waals surface area (Å²) < 4.78 is 18.3. The van der Waals surface area contributed by atoms with Crippen LogP contribution in [0.4, 0.5) is 0 Å². The number of allylic oxidation sites excluding steroid dienone is 1. The minimum Gasteiger partial charge on any atom is -0.493 e. The van der Waals surface area contributed by atoms with Gasteiger partial charge in [0.15, 0.2) is 11.5 Å². The highest BCUT2D eigenvalue weighted by Crippen LogP contribution is 2.41. The zero-order chi connectivity index (χ0) is 20.3. The predicted molar refractivity (Wildman–Crippen MR) is 112 cm³/mol. The third kappa shape index (κ3) is 3.39. The lowest BCUT2D eigenvalue weighted by Gasteiger charge is -2.15. The fourth-order valence-electron chi connectivity index (χ4n) is 3.28. The first-order valence-electron chi connectivity index (χ1n) is 8.75. The van der Waals surface area contributed by atoms with Gasteiger partial charge in [-0.15, -0.1) is 0 Å². The van der Waals surface area contributed by atoms with E-state index in [-0.39, 0.29) is 0 Å². The van der Waals surface area contributed by atoms with Crippen molar-refractivity contribution in [2.45, 2.75) is 0 Å². The Morgan fingerprint density at radius 1 is 0.964 bits per heavy atom. The lowest BCUT2D eigenvalue weighted by molar-refractivity contribution is -0.104. The molecule has 1 aromatic heterocycles. The molecule has 0 bridgehead atoms. The zero-order valence-electron chi connectivity index (χ0n) is 16.5. The molecule has 0 aliphatic carbocycles. The van der Waals surface area contributed by atoms with Crippen molar-refractivity contribution in [1.82, 2.24) is 4.57 Å². The van der Waals surface area contributed by atoms with Gasteiger partial charge < -0.3 is 18.8 Å². The monoisotopic (exact) mass is 377 g/mol. The number of ether oxygens (including phenoxy) is 3. The van der Waals surface area contributed by atoms with Crippen molar-refractivity contribution in [2.75, 3.05) is 21.3 Å². The van der Waals surface area contributed by atoms with Crippen LogP contribution in [0.25, 0.3) is 22.6 Å². The van der Waals surface area contributed by atoms with E-state index in [0.717, 1.165) is 39.6 Å². The summed E-state index contributed by atoms with van der Waals surface area (Å²) in [6, 6.07) is 12.0. The number of fused-ring (bicyclic) bond motifs is 1. The highest BCUT2D eigenvalue weighted by Gasteiger charge is 2.16. The van der Waals surface area contributed by atoms with Crippen LogP contribution in [0.5, 0.6) is 17.2 Å². The topological polar surface area (TPSA) is 49.7 Å². The molecule has 0 saturated heterocycles. The number of benzene rings is 2. The molecule has 0 saturated carbocycles. The van der Waals surface area contributed by atoms with Gasteiger partial charge in [0.1, 0.15) is 6.29 Å². The van der Waals surface area contributed by atoms with E-state index in [4.69, 9.17) is 14.2 Å². The van der Waals surface area contributed by atoms with Crippen LogP contribution in [-0.4, -0.2) is 32.2 Å². The van der Waals surface area contributed by atoms with Crippen molar-refractivity contribution >= 4 is 28.8 Å². The molecular weight excluding hydrogens is 354 g/mol. The second kappa shape index (κ2) is 8.05. The van der Waals surface area contributed by atoms with E-state index in [0.29, 0.717) is 17.2 Å². The first kappa shape index (κ1) is 19.3. The number of aromatic nitrogens is 1. The Morgan fingerprint density at radius 2 is 1.64 bits per heavy atom. The lowest BCUT2D eigenvalue weighted by atomic mass is 9.97. The Bertz CT molecular complexity index is 1050.